The minimum absolute atomic E-state index is 0.0172. The third-order valence-electron chi connectivity index (χ3n) is 7.27. The molecule has 0 aliphatic carbocycles. The number of carbonyl (C=O) groups is 3. The number of hydrogen-bond acceptors (Lipinski definition) is 8. The molecule has 12 heteroatoms. The molecule has 3 aliphatic rings. The highest BCUT2D eigenvalue weighted by molar-refractivity contribution is 7.54. The molecule has 0 aromatic rings. The van der Waals surface area contributed by atoms with Crippen molar-refractivity contribution < 1.29 is 32.8 Å². The van der Waals surface area contributed by atoms with Crippen LogP contribution in [-0.2, 0) is 32.8 Å². The molecular formula is C26H47N4O7P. The van der Waals surface area contributed by atoms with Crippen LogP contribution in [0.1, 0.15) is 67.2 Å². The molecule has 4 atom stereocenters. The Hall–Kier alpha value is -1.52. The molecule has 1 unspecified atom stereocenters. The predicted octanol–water partition coefficient (Wildman–Crippen LogP) is 2.95. The SMILES string of the molecule is CCOP(=O)(CC(=O)N1O[C@H](CC(C)C)C(=O)N2[C@@H]1CN(C1CCCN(C)C1)C(=O)[C@@H]2CC(C)C)OCC. The fourth-order valence-electron chi connectivity index (χ4n) is 5.72. The summed E-state index contributed by atoms with van der Waals surface area (Å²) in [6.45, 7) is 13.5. The minimum atomic E-state index is -3.71. The number of rotatable bonds is 11. The van der Waals surface area contributed by atoms with Crippen molar-refractivity contribution in [2.75, 3.05) is 46.1 Å². The first kappa shape index (κ1) is 31.0. The summed E-state index contributed by atoms with van der Waals surface area (Å²) < 4.78 is 24.0. The van der Waals surface area contributed by atoms with Crippen LogP contribution in [-0.4, -0.2) is 108 Å². The van der Waals surface area contributed by atoms with Crippen LogP contribution in [0.3, 0.4) is 0 Å². The summed E-state index contributed by atoms with van der Waals surface area (Å²) >= 11 is 0. The average molecular weight is 559 g/mol. The molecule has 3 heterocycles. The second kappa shape index (κ2) is 13.2. The normalized spacial score (nSPS) is 27.4. The highest BCUT2D eigenvalue weighted by Crippen LogP contribution is 2.48. The Kier molecular flexibility index (Phi) is 10.8. The van der Waals surface area contributed by atoms with Gasteiger partial charge in [0.1, 0.15) is 12.2 Å². The molecule has 0 spiro atoms. The monoisotopic (exact) mass is 558 g/mol. The first-order valence-electron chi connectivity index (χ1n) is 14.1. The summed E-state index contributed by atoms with van der Waals surface area (Å²) in [6, 6.07) is -0.718. The van der Waals surface area contributed by atoms with Crippen molar-refractivity contribution in [2.24, 2.45) is 11.8 Å². The topological polar surface area (TPSA) is 109 Å². The molecule has 3 rings (SSSR count). The lowest BCUT2D eigenvalue weighted by Crippen LogP contribution is -2.75. The summed E-state index contributed by atoms with van der Waals surface area (Å²) in [6.07, 6.45) is 0.463. The predicted molar refractivity (Wildman–Crippen MR) is 143 cm³/mol. The zero-order valence-corrected chi connectivity index (χ0v) is 25.0. The van der Waals surface area contributed by atoms with Gasteiger partial charge in [0.05, 0.1) is 19.8 Å². The molecule has 0 aromatic carbocycles. The van der Waals surface area contributed by atoms with E-state index in [4.69, 9.17) is 13.9 Å². The molecule has 38 heavy (non-hydrogen) atoms. The molecule has 0 aromatic heterocycles. The number of hydrogen-bond donors (Lipinski definition) is 0. The largest absolute Gasteiger partial charge is 0.340 e. The van der Waals surface area contributed by atoms with Crippen LogP contribution in [0.5, 0.6) is 0 Å². The standard InChI is InChI=1S/C26H47N4O7P/c1-8-35-38(34,36-9-2)17-24(31)30-23-16-28(20-11-10-12-27(7)15-20)25(32)21(13-18(3)4)29(23)26(33)22(37-30)14-19(5)6/h18-23H,8-17H2,1-7H3/t20?,21-,22+,23-/m0/s1. The van der Waals surface area contributed by atoms with E-state index in [0.29, 0.717) is 12.8 Å². The molecule has 0 saturated carbocycles. The minimum Gasteiger partial charge on any atom is -0.333 e. The van der Waals surface area contributed by atoms with E-state index in [0.717, 1.165) is 25.9 Å². The van der Waals surface area contributed by atoms with E-state index in [1.54, 1.807) is 18.7 Å². The maximum Gasteiger partial charge on any atom is 0.340 e. The average Bonchev–Trinajstić information content (AvgIpc) is 2.81. The first-order valence-corrected chi connectivity index (χ1v) is 15.8. The van der Waals surface area contributed by atoms with Gasteiger partial charge in [-0.15, -0.1) is 0 Å². The Morgan fingerprint density at radius 1 is 1.03 bits per heavy atom. The van der Waals surface area contributed by atoms with Crippen molar-refractivity contribution in [3.63, 3.8) is 0 Å². The Labute approximate surface area is 227 Å². The van der Waals surface area contributed by atoms with Crippen molar-refractivity contribution >= 4 is 25.3 Å². The third kappa shape index (κ3) is 7.16. The zero-order chi connectivity index (χ0) is 28.2. The van der Waals surface area contributed by atoms with Crippen LogP contribution in [0.15, 0.2) is 0 Å². The molecular weight excluding hydrogens is 511 g/mol. The Bertz CT molecular complexity index is 891. The maximum atomic E-state index is 14.0. The van der Waals surface area contributed by atoms with E-state index in [1.807, 2.05) is 39.6 Å². The summed E-state index contributed by atoms with van der Waals surface area (Å²) in [5.41, 5.74) is 0. The van der Waals surface area contributed by atoms with Gasteiger partial charge >= 0.3 is 7.60 Å². The van der Waals surface area contributed by atoms with E-state index in [-0.39, 0.29) is 49.5 Å². The molecule has 3 aliphatic heterocycles. The maximum absolute atomic E-state index is 14.0. The second-order valence-corrected chi connectivity index (χ2v) is 13.5. The Balaban J connectivity index is 2.01. The second-order valence-electron chi connectivity index (χ2n) is 11.5. The third-order valence-corrected chi connectivity index (χ3v) is 9.23. The van der Waals surface area contributed by atoms with Crippen LogP contribution < -0.4 is 0 Å². The van der Waals surface area contributed by atoms with Gasteiger partial charge in [0.25, 0.3) is 11.8 Å². The van der Waals surface area contributed by atoms with Crippen LogP contribution in [0.4, 0.5) is 0 Å². The quantitative estimate of drug-likeness (QED) is 0.356. The molecule has 0 bridgehead atoms. The van der Waals surface area contributed by atoms with Crippen molar-refractivity contribution in [2.45, 2.75) is 91.6 Å². The van der Waals surface area contributed by atoms with Gasteiger partial charge in [-0.05, 0) is 65.0 Å². The van der Waals surface area contributed by atoms with Gasteiger partial charge in [0, 0.05) is 12.6 Å². The number of piperazine rings is 1. The van der Waals surface area contributed by atoms with Crippen molar-refractivity contribution in [1.82, 2.24) is 19.8 Å². The van der Waals surface area contributed by atoms with E-state index < -0.39 is 38.0 Å². The van der Waals surface area contributed by atoms with Gasteiger partial charge in [-0.1, -0.05) is 27.7 Å². The summed E-state index contributed by atoms with van der Waals surface area (Å²) in [5.74, 6) is -0.655. The van der Waals surface area contributed by atoms with Crippen molar-refractivity contribution in [1.29, 1.82) is 0 Å². The van der Waals surface area contributed by atoms with Crippen molar-refractivity contribution in [3.05, 3.63) is 0 Å². The van der Waals surface area contributed by atoms with Gasteiger partial charge < -0.3 is 23.7 Å². The molecule has 0 radical (unpaired) electrons. The molecule has 3 amide bonds. The van der Waals surface area contributed by atoms with Gasteiger partial charge in [-0.25, -0.2) is 0 Å². The number of carbonyl (C=O) groups excluding carboxylic acids is 3. The number of amides is 3. The number of hydroxylamine groups is 2. The lowest BCUT2D eigenvalue weighted by molar-refractivity contribution is -0.277. The number of piperidine rings is 1. The first-order chi connectivity index (χ1) is 17.9. The van der Waals surface area contributed by atoms with Gasteiger partial charge in [-0.2, -0.15) is 5.06 Å². The molecule has 11 nitrogen and oxygen atoms in total. The van der Waals surface area contributed by atoms with Crippen LogP contribution >= 0.6 is 7.60 Å². The fourth-order valence-corrected chi connectivity index (χ4v) is 7.23. The number of nitrogens with zero attached hydrogens (tertiary/aromatic N) is 4. The number of fused-ring (bicyclic) bond motifs is 1. The molecule has 218 valence electrons. The van der Waals surface area contributed by atoms with E-state index in [1.165, 1.54) is 5.06 Å². The van der Waals surface area contributed by atoms with Gasteiger partial charge in [0.2, 0.25) is 5.91 Å². The smallest absolute Gasteiger partial charge is 0.333 e. The lowest BCUT2D eigenvalue weighted by Gasteiger charge is -2.55. The Morgan fingerprint density at radius 2 is 1.66 bits per heavy atom. The number of likely N-dealkylation sites (N-methyl/N-ethyl adjacent to an activating group) is 1. The lowest BCUT2D eigenvalue weighted by atomic mass is 9.93. The summed E-state index contributed by atoms with van der Waals surface area (Å²) in [5, 5.41) is 1.19. The van der Waals surface area contributed by atoms with Crippen LogP contribution in [0.25, 0.3) is 0 Å². The Morgan fingerprint density at radius 3 is 2.21 bits per heavy atom. The molecule has 3 saturated heterocycles. The van der Waals surface area contributed by atoms with Crippen molar-refractivity contribution in [3.8, 4) is 0 Å². The highest BCUT2D eigenvalue weighted by Gasteiger charge is 2.54. The van der Waals surface area contributed by atoms with E-state index in [2.05, 4.69) is 4.90 Å². The fraction of sp³-hybridized carbons (Fsp3) is 0.885. The highest BCUT2D eigenvalue weighted by atomic mass is 31.2. The molecule has 3 fully saturated rings. The van der Waals surface area contributed by atoms with Crippen LogP contribution in [0.2, 0.25) is 0 Å². The zero-order valence-electron chi connectivity index (χ0n) is 24.1. The van der Waals surface area contributed by atoms with Gasteiger partial charge in [0.15, 0.2) is 12.3 Å². The summed E-state index contributed by atoms with van der Waals surface area (Å²) in [7, 11) is -1.67. The van der Waals surface area contributed by atoms with E-state index in [9.17, 15) is 18.9 Å². The van der Waals surface area contributed by atoms with Gasteiger partial charge in [-0.3, -0.25) is 23.8 Å². The van der Waals surface area contributed by atoms with E-state index >= 15 is 0 Å². The molecule has 0 N–H and O–H groups in total. The number of likely N-dealkylation sites (tertiary alicyclic amines) is 1. The summed E-state index contributed by atoms with van der Waals surface area (Å²) in [4.78, 5) is 53.2. The van der Waals surface area contributed by atoms with Crippen LogP contribution in [0, 0.1) is 11.8 Å².